The van der Waals surface area contributed by atoms with E-state index in [1.54, 1.807) is 0 Å². The third-order valence-corrected chi connectivity index (χ3v) is 12.5. The van der Waals surface area contributed by atoms with E-state index >= 15 is 0 Å². The molecule has 3 heterocycles. The Labute approximate surface area is 257 Å². The highest BCUT2D eigenvalue weighted by Gasteiger charge is 2.41. The Kier molecular flexibility index (Phi) is 5.30. The van der Waals surface area contributed by atoms with E-state index in [0.717, 1.165) is 11.5 Å². The summed E-state index contributed by atoms with van der Waals surface area (Å²) in [6.45, 7) is 7.53. The summed E-state index contributed by atoms with van der Waals surface area (Å²) in [6.07, 6.45) is 0. The molecular formula is C39H29BOSSi. The van der Waals surface area contributed by atoms with Crippen LogP contribution in [0.5, 0.6) is 11.5 Å². The maximum absolute atomic E-state index is 6.84. The van der Waals surface area contributed by atoms with Gasteiger partial charge in [-0.15, -0.1) is 11.3 Å². The van der Waals surface area contributed by atoms with Crippen molar-refractivity contribution in [3.8, 4) is 44.2 Å². The fraction of sp³-hybridized carbons (Fsp3) is 0.0769. The number of thiophene rings is 1. The lowest BCUT2D eigenvalue weighted by Crippen LogP contribution is -2.58. The Bertz CT molecular complexity index is 2260. The van der Waals surface area contributed by atoms with Gasteiger partial charge in [-0.25, -0.2) is 0 Å². The Morgan fingerprint density at radius 3 is 2.26 bits per heavy atom. The SMILES string of the molecule is C[Si](C)(C)c1cc2c3c(c(-c4ccccc4)sc3c1)-c1cc(-c3cccc4ccccc34)cc3c1B2c1ccccc1O3. The molecule has 4 heteroatoms. The first-order valence-corrected chi connectivity index (χ1v) is 19.4. The molecule has 1 nitrogen and oxygen atoms in total. The van der Waals surface area contributed by atoms with Gasteiger partial charge in [-0.3, -0.25) is 0 Å². The molecule has 6 aromatic carbocycles. The van der Waals surface area contributed by atoms with Gasteiger partial charge in [-0.05, 0) is 73.6 Å². The van der Waals surface area contributed by atoms with E-state index < -0.39 is 8.07 Å². The Hall–Kier alpha value is -4.38. The molecule has 0 atom stereocenters. The summed E-state index contributed by atoms with van der Waals surface area (Å²) in [5, 5.41) is 5.45. The third-order valence-electron chi connectivity index (χ3n) is 9.29. The van der Waals surface area contributed by atoms with Crippen molar-refractivity contribution in [3.05, 3.63) is 121 Å². The molecule has 0 bridgehead atoms. The minimum atomic E-state index is -1.59. The van der Waals surface area contributed by atoms with Crippen LogP contribution in [0.3, 0.4) is 0 Å². The second-order valence-corrected chi connectivity index (χ2v) is 19.0. The summed E-state index contributed by atoms with van der Waals surface area (Å²) in [7, 11) is -1.59. The van der Waals surface area contributed by atoms with Crippen LogP contribution in [0.2, 0.25) is 19.6 Å². The van der Waals surface area contributed by atoms with Crippen LogP contribution in [0.25, 0.3) is 53.6 Å². The van der Waals surface area contributed by atoms with Gasteiger partial charge in [-0.2, -0.15) is 0 Å². The Morgan fingerprint density at radius 2 is 1.40 bits per heavy atom. The summed E-state index contributed by atoms with van der Waals surface area (Å²) >= 11 is 1.96. The summed E-state index contributed by atoms with van der Waals surface area (Å²) < 4.78 is 8.24. The lowest BCUT2D eigenvalue weighted by atomic mass is 9.33. The quantitative estimate of drug-likeness (QED) is 0.189. The normalized spacial score (nSPS) is 13.1. The molecule has 0 amide bonds. The zero-order valence-electron chi connectivity index (χ0n) is 24.4. The highest BCUT2D eigenvalue weighted by Crippen LogP contribution is 2.48. The highest BCUT2D eigenvalue weighted by molar-refractivity contribution is 7.24. The average molecular weight is 585 g/mol. The monoisotopic (exact) mass is 584 g/mol. The standard InChI is InChI=1S/C39H29BOSSi/c1-43(2,3)27-22-32-37-35(23-27)42-39(25-13-5-4-6-14-25)36(37)30-20-26(29-17-11-15-24-12-7-8-16-28(24)29)21-34-38(30)40(32)31-18-9-10-19-33(31)41-34/h4-23H,1-3H3. The third kappa shape index (κ3) is 3.70. The van der Waals surface area contributed by atoms with E-state index in [9.17, 15) is 0 Å². The first-order chi connectivity index (χ1) is 21.0. The summed E-state index contributed by atoms with van der Waals surface area (Å²) in [4.78, 5) is 1.35. The molecule has 0 N–H and O–H groups in total. The molecule has 204 valence electrons. The molecular weight excluding hydrogens is 555 g/mol. The molecule has 2 aliphatic rings. The van der Waals surface area contributed by atoms with Crippen LogP contribution in [-0.4, -0.2) is 14.8 Å². The van der Waals surface area contributed by atoms with Gasteiger partial charge >= 0.3 is 0 Å². The van der Waals surface area contributed by atoms with Gasteiger partial charge in [0.05, 0.1) is 8.07 Å². The molecule has 2 aliphatic heterocycles. The van der Waals surface area contributed by atoms with Gasteiger partial charge in [0.15, 0.2) is 0 Å². The molecule has 43 heavy (non-hydrogen) atoms. The van der Waals surface area contributed by atoms with Crippen LogP contribution in [0.15, 0.2) is 121 Å². The minimum absolute atomic E-state index is 0.140. The molecule has 0 saturated carbocycles. The van der Waals surface area contributed by atoms with E-state index in [1.165, 1.54) is 75.1 Å². The fourth-order valence-corrected chi connectivity index (χ4v) is 9.79. The second kappa shape index (κ2) is 9.06. The van der Waals surface area contributed by atoms with Crippen molar-refractivity contribution < 1.29 is 4.74 Å². The Balaban J connectivity index is 1.44. The van der Waals surface area contributed by atoms with Gasteiger partial charge in [0, 0.05) is 15.1 Å². The Morgan fingerprint density at radius 1 is 0.628 bits per heavy atom. The van der Waals surface area contributed by atoms with E-state index in [-0.39, 0.29) is 6.71 Å². The smallest absolute Gasteiger partial charge is 0.252 e. The summed E-state index contributed by atoms with van der Waals surface area (Å²) in [5.74, 6) is 1.95. The fourth-order valence-electron chi connectivity index (χ4n) is 7.23. The van der Waals surface area contributed by atoms with Crippen molar-refractivity contribution in [3.63, 3.8) is 0 Å². The van der Waals surface area contributed by atoms with Gasteiger partial charge in [-0.1, -0.05) is 127 Å². The minimum Gasteiger partial charge on any atom is -0.458 e. The number of para-hydroxylation sites is 1. The summed E-state index contributed by atoms with van der Waals surface area (Å²) in [6, 6.07) is 44.8. The van der Waals surface area contributed by atoms with E-state index in [0.29, 0.717) is 0 Å². The molecule has 0 spiro atoms. The predicted molar refractivity (Wildman–Crippen MR) is 190 cm³/mol. The van der Waals surface area contributed by atoms with Crippen molar-refractivity contribution in [1.29, 1.82) is 0 Å². The molecule has 9 rings (SSSR count). The lowest BCUT2D eigenvalue weighted by molar-refractivity contribution is 0.488. The zero-order valence-corrected chi connectivity index (χ0v) is 26.3. The molecule has 7 aromatic rings. The van der Waals surface area contributed by atoms with Gasteiger partial charge < -0.3 is 4.74 Å². The molecule has 0 radical (unpaired) electrons. The highest BCUT2D eigenvalue weighted by atomic mass is 32.1. The van der Waals surface area contributed by atoms with Crippen LogP contribution in [0, 0.1) is 0 Å². The molecule has 0 fully saturated rings. The molecule has 0 aliphatic carbocycles. The van der Waals surface area contributed by atoms with Gasteiger partial charge in [0.2, 0.25) is 0 Å². The predicted octanol–water partition coefficient (Wildman–Crippen LogP) is 8.54. The van der Waals surface area contributed by atoms with Crippen LogP contribution in [0.4, 0.5) is 0 Å². The topological polar surface area (TPSA) is 9.23 Å². The van der Waals surface area contributed by atoms with Crippen LogP contribution >= 0.6 is 11.3 Å². The zero-order chi connectivity index (χ0) is 28.9. The van der Waals surface area contributed by atoms with Crippen molar-refractivity contribution >= 4 is 68.6 Å². The van der Waals surface area contributed by atoms with Crippen molar-refractivity contribution in [1.82, 2.24) is 0 Å². The maximum Gasteiger partial charge on any atom is 0.252 e. The van der Waals surface area contributed by atoms with Crippen molar-refractivity contribution in [2.45, 2.75) is 19.6 Å². The maximum atomic E-state index is 6.84. The van der Waals surface area contributed by atoms with E-state index in [1.807, 2.05) is 11.3 Å². The number of rotatable bonds is 3. The first-order valence-electron chi connectivity index (χ1n) is 15.1. The van der Waals surface area contributed by atoms with Crippen LogP contribution in [0.1, 0.15) is 0 Å². The number of hydrogen-bond donors (Lipinski definition) is 0. The van der Waals surface area contributed by atoms with Gasteiger partial charge in [0.25, 0.3) is 6.71 Å². The number of benzene rings is 6. The summed E-state index contributed by atoms with van der Waals surface area (Å²) in [5.41, 5.74) is 10.4. The number of ether oxygens (including phenoxy) is 1. The molecule has 1 aromatic heterocycles. The first kappa shape index (κ1) is 25.1. The number of hydrogen-bond acceptors (Lipinski definition) is 2. The van der Waals surface area contributed by atoms with Gasteiger partial charge in [0.1, 0.15) is 11.5 Å². The average Bonchev–Trinajstić information content (AvgIpc) is 3.42. The van der Waals surface area contributed by atoms with Crippen LogP contribution < -0.4 is 26.3 Å². The number of fused-ring (bicyclic) bond motifs is 5. The van der Waals surface area contributed by atoms with Crippen LogP contribution in [-0.2, 0) is 0 Å². The largest absolute Gasteiger partial charge is 0.458 e. The molecule has 0 saturated heterocycles. The van der Waals surface area contributed by atoms with Crippen molar-refractivity contribution in [2.75, 3.05) is 0 Å². The van der Waals surface area contributed by atoms with E-state index in [2.05, 4.69) is 141 Å². The van der Waals surface area contributed by atoms with Crippen molar-refractivity contribution in [2.24, 2.45) is 0 Å². The molecule has 0 unspecified atom stereocenters. The lowest BCUT2D eigenvalue weighted by Gasteiger charge is -2.34. The van der Waals surface area contributed by atoms with E-state index in [4.69, 9.17) is 4.74 Å². The second-order valence-electron chi connectivity index (χ2n) is 12.9.